The van der Waals surface area contributed by atoms with Gasteiger partial charge in [-0.3, -0.25) is 0 Å². The molecule has 104 valence electrons. The first kappa shape index (κ1) is 15.3. The van der Waals surface area contributed by atoms with Crippen LogP contribution in [0.25, 0.3) is 0 Å². The van der Waals surface area contributed by atoms with E-state index in [9.17, 15) is 0 Å². The maximum Gasteiger partial charge on any atom is 0.0431 e. The fourth-order valence-corrected chi connectivity index (χ4v) is 2.31. The van der Waals surface area contributed by atoms with E-state index in [1.807, 2.05) is 0 Å². The number of nitrogens with zero attached hydrogens (tertiary/aromatic N) is 1. The summed E-state index contributed by atoms with van der Waals surface area (Å²) in [6.07, 6.45) is 10.1. The molecular formula is C15H28N2O. The minimum atomic E-state index is 0.328. The van der Waals surface area contributed by atoms with Crippen LogP contribution in [0.5, 0.6) is 0 Å². The van der Waals surface area contributed by atoms with E-state index in [-0.39, 0.29) is 0 Å². The Kier molecular flexibility index (Phi) is 7.78. The molecule has 0 amide bonds. The van der Waals surface area contributed by atoms with Gasteiger partial charge in [0.05, 0.1) is 0 Å². The Labute approximate surface area is 111 Å². The summed E-state index contributed by atoms with van der Waals surface area (Å²) in [6, 6.07) is 2.72. The van der Waals surface area contributed by atoms with Crippen LogP contribution in [0.4, 0.5) is 0 Å². The highest BCUT2D eigenvalue weighted by Gasteiger charge is 2.08. The van der Waals surface area contributed by atoms with Gasteiger partial charge < -0.3 is 15.0 Å². The fraction of sp³-hybridized carbons (Fsp3) is 0.733. The summed E-state index contributed by atoms with van der Waals surface area (Å²) in [5, 5.41) is 12.2. The van der Waals surface area contributed by atoms with Gasteiger partial charge in [0.2, 0.25) is 0 Å². The van der Waals surface area contributed by atoms with Gasteiger partial charge in [-0.15, -0.1) is 0 Å². The minimum absolute atomic E-state index is 0.328. The summed E-state index contributed by atoms with van der Waals surface area (Å²) >= 11 is 0. The Morgan fingerprint density at radius 3 is 2.67 bits per heavy atom. The Hall–Kier alpha value is -0.800. The summed E-state index contributed by atoms with van der Waals surface area (Å²) < 4.78 is 2.29. The van der Waals surface area contributed by atoms with Crippen molar-refractivity contribution in [2.45, 2.75) is 58.5 Å². The van der Waals surface area contributed by atoms with E-state index in [2.05, 4.69) is 42.2 Å². The number of nitrogens with one attached hydrogen (secondary N) is 1. The predicted octanol–water partition coefficient (Wildman–Crippen LogP) is 3.10. The van der Waals surface area contributed by atoms with Gasteiger partial charge in [-0.2, -0.15) is 0 Å². The van der Waals surface area contributed by atoms with E-state index in [0.29, 0.717) is 12.6 Å². The van der Waals surface area contributed by atoms with Crippen molar-refractivity contribution in [3.63, 3.8) is 0 Å². The molecule has 1 aromatic heterocycles. The summed E-state index contributed by atoms with van der Waals surface area (Å²) in [7, 11) is 0. The van der Waals surface area contributed by atoms with Crippen LogP contribution in [-0.2, 0) is 6.54 Å². The van der Waals surface area contributed by atoms with Crippen molar-refractivity contribution in [1.29, 1.82) is 0 Å². The van der Waals surface area contributed by atoms with Crippen molar-refractivity contribution >= 4 is 0 Å². The number of aliphatic hydroxyl groups excluding tert-OH is 1. The molecule has 0 spiro atoms. The van der Waals surface area contributed by atoms with Crippen molar-refractivity contribution < 1.29 is 5.11 Å². The Bertz CT molecular complexity index is 309. The molecule has 0 saturated carbocycles. The maximum absolute atomic E-state index is 8.71. The van der Waals surface area contributed by atoms with Crippen LogP contribution >= 0.6 is 0 Å². The number of aryl methyl sites for hydroxylation is 1. The minimum Gasteiger partial charge on any atom is -0.396 e. The molecule has 3 nitrogen and oxygen atoms in total. The standard InChI is InChI=1S/C15H28N2O/c1-3-15(16-4-2)14-9-11-17(13-14)10-7-5-6-8-12-18/h9,11,13,15-16,18H,3-8,10,12H2,1-2H3. The highest BCUT2D eigenvalue weighted by atomic mass is 16.2. The van der Waals surface area contributed by atoms with Crippen LogP contribution < -0.4 is 5.32 Å². The molecule has 1 unspecified atom stereocenters. The van der Waals surface area contributed by atoms with Crippen LogP contribution in [0.1, 0.15) is 57.6 Å². The fourth-order valence-electron chi connectivity index (χ4n) is 2.31. The van der Waals surface area contributed by atoms with Crippen LogP contribution in [0.15, 0.2) is 18.5 Å². The summed E-state index contributed by atoms with van der Waals surface area (Å²) in [6.45, 7) is 6.81. The Balaban J connectivity index is 2.33. The first-order chi connectivity index (χ1) is 8.81. The van der Waals surface area contributed by atoms with Crippen molar-refractivity contribution in [2.75, 3.05) is 13.2 Å². The van der Waals surface area contributed by atoms with Crippen molar-refractivity contribution in [2.24, 2.45) is 0 Å². The normalized spacial score (nSPS) is 12.8. The number of aliphatic hydroxyl groups is 1. The van der Waals surface area contributed by atoms with Crippen molar-refractivity contribution in [3.8, 4) is 0 Å². The SMILES string of the molecule is CCNC(CC)c1ccn(CCCCCCO)c1. The average molecular weight is 252 g/mol. The second-order valence-corrected chi connectivity index (χ2v) is 4.84. The lowest BCUT2D eigenvalue weighted by Crippen LogP contribution is -2.19. The highest BCUT2D eigenvalue weighted by molar-refractivity contribution is 5.15. The molecule has 1 atom stereocenters. The maximum atomic E-state index is 8.71. The zero-order chi connectivity index (χ0) is 13.2. The third-order valence-corrected chi connectivity index (χ3v) is 3.36. The van der Waals surface area contributed by atoms with E-state index in [0.717, 1.165) is 32.4 Å². The quantitative estimate of drug-likeness (QED) is 0.628. The van der Waals surface area contributed by atoms with Gasteiger partial charge >= 0.3 is 0 Å². The first-order valence-electron chi connectivity index (χ1n) is 7.31. The molecule has 0 aliphatic heterocycles. The molecule has 0 fully saturated rings. The second-order valence-electron chi connectivity index (χ2n) is 4.84. The third kappa shape index (κ3) is 5.23. The molecule has 0 aromatic carbocycles. The van der Waals surface area contributed by atoms with Crippen LogP contribution in [0.2, 0.25) is 0 Å². The van der Waals surface area contributed by atoms with Gasteiger partial charge in [0.25, 0.3) is 0 Å². The smallest absolute Gasteiger partial charge is 0.0431 e. The molecule has 3 heteroatoms. The van der Waals surface area contributed by atoms with Gasteiger partial charge in [-0.1, -0.05) is 26.7 Å². The van der Waals surface area contributed by atoms with E-state index in [1.54, 1.807) is 0 Å². The summed E-state index contributed by atoms with van der Waals surface area (Å²) in [5.41, 5.74) is 1.40. The third-order valence-electron chi connectivity index (χ3n) is 3.36. The van der Waals surface area contributed by atoms with E-state index >= 15 is 0 Å². The van der Waals surface area contributed by atoms with Gasteiger partial charge in [0.15, 0.2) is 0 Å². The largest absolute Gasteiger partial charge is 0.396 e. The zero-order valence-corrected chi connectivity index (χ0v) is 11.9. The first-order valence-corrected chi connectivity index (χ1v) is 7.31. The topological polar surface area (TPSA) is 37.2 Å². The van der Waals surface area contributed by atoms with Crippen LogP contribution in [0, 0.1) is 0 Å². The molecule has 0 bridgehead atoms. The van der Waals surface area contributed by atoms with Gasteiger partial charge in [-0.25, -0.2) is 0 Å². The van der Waals surface area contributed by atoms with Gasteiger partial charge in [0, 0.05) is 31.6 Å². The van der Waals surface area contributed by atoms with E-state index in [4.69, 9.17) is 5.11 Å². The number of aromatic nitrogens is 1. The molecule has 1 aromatic rings. The summed E-state index contributed by atoms with van der Waals surface area (Å²) in [5.74, 6) is 0. The van der Waals surface area contributed by atoms with E-state index in [1.165, 1.54) is 18.4 Å². The Morgan fingerprint density at radius 1 is 1.22 bits per heavy atom. The molecule has 18 heavy (non-hydrogen) atoms. The highest BCUT2D eigenvalue weighted by Crippen LogP contribution is 2.17. The average Bonchev–Trinajstić information content (AvgIpc) is 2.84. The second kappa shape index (κ2) is 9.17. The van der Waals surface area contributed by atoms with Crippen LogP contribution in [-0.4, -0.2) is 22.8 Å². The molecule has 1 rings (SSSR count). The van der Waals surface area contributed by atoms with E-state index < -0.39 is 0 Å². The molecule has 0 saturated heterocycles. The van der Waals surface area contributed by atoms with Crippen molar-refractivity contribution in [3.05, 3.63) is 24.0 Å². The number of hydrogen-bond acceptors (Lipinski definition) is 2. The molecular weight excluding hydrogens is 224 g/mol. The lowest BCUT2D eigenvalue weighted by Gasteiger charge is -2.13. The molecule has 1 heterocycles. The lowest BCUT2D eigenvalue weighted by molar-refractivity contribution is 0.282. The molecule has 2 N–H and O–H groups in total. The summed E-state index contributed by atoms with van der Waals surface area (Å²) in [4.78, 5) is 0. The number of hydrogen-bond donors (Lipinski definition) is 2. The van der Waals surface area contributed by atoms with Crippen molar-refractivity contribution in [1.82, 2.24) is 9.88 Å². The number of rotatable bonds is 10. The molecule has 0 aliphatic carbocycles. The molecule has 0 aliphatic rings. The predicted molar refractivity (Wildman–Crippen MR) is 76.7 cm³/mol. The lowest BCUT2D eigenvalue weighted by atomic mass is 10.1. The van der Waals surface area contributed by atoms with Gasteiger partial charge in [0.1, 0.15) is 0 Å². The molecule has 0 radical (unpaired) electrons. The van der Waals surface area contributed by atoms with Crippen LogP contribution in [0.3, 0.4) is 0 Å². The zero-order valence-electron chi connectivity index (χ0n) is 11.9. The van der Waals surface area contributed by atoms with Gasteiger partial charge in [-0.05, 0) is 37.4 Å². The Morgan fingerprint density at radius 2 is 2.00 bits per heavy atom. The number of unbranched alkanes of at least 4 members (excludes halogenated alkanes) is 3. The monoisotopic (exact) mass is 252 g/mol.